The summed E-state index contributed by atoms with van der Waals surface area (Å²) in [6.07, 6.45) is -0.142. The summed E-state index contributed by atoms with van der Waals surface area (Å²) >= 11 is 0. The van der Waals surface area contributed by atoms with E-state index in [1.54, 1.807) is 6.92 Å². The Labute approximate surface area is 178 Å². The number of nitrogens with one attached hydrogen (secondary N) is 1. The number of hydrogen-bond donors (Lipinski definition) is 1. The summed E-state index contributed by atoms with van der Waals surface area (Å²) in [4.78, 5) is 36.4. The number of hydrogen-bond acceptors (Lipinski definition) is 7. The van der Waals surface area contributed by atoms with Crippen LogP contribution in [0.5, 0.6) is 0 Å². The average Bonchev–Trinajstić information content (AvgIpc) is 3.35. The molecule has 3 aromatic rings. The molecule has 1 saturated heterocycles. The van der Waals surface area contributed by atoms with Crippen LogP contribution in [0.4, 0.5) is 25.8 Å². The smallest absolute Gasteiger partial charge is 0.306 e. The van der Waals surface area contributed by atoms with Gasteiger partial charge in [-0.3, -0.25) is 19.7 Å². The van der Waals surface area contributed by atoms with Crippen molar-refractivity contribution in [2.75, 3.05) is 16.8 Å². The van der Waals surface area contributed by atoms with Crippen molar-refractivity contribution in [2.24, 2.45) is 5.92 Å². The lowest BCUT2D eigenvalue weighted by Gasteiger charge is -2.17. The van der Waals surface area contributed by atoms with E-state index in [0.29, 0.717) is 5.82 Å². The Morgan fingerprint density at radius 2 is 1.97 bits per heavy atom. The van der Waals surface area contributed by atoms with Crippen LogP contribution in [0.1, 0.15) is 12.2 Å². The molecule has 1 aliphatic heterocycles. The van der Waals surface area contributed by atoms with E-state index in [1.807, 2.05) is 0 Å². The third kappa shape index (κ3) is 3.87. The zero-order valence-corrected chi connectivity index (χ0v) is 16.5. The van der Waals surface area contributed by atoms with Crippen LogP contribution in [0.25, 0.3) is 5.69 Å². The minimum absolute atomic E-state index is 0.0352. The quantitative estimate of drug-likeness (QED) is 0.471. The predicted octanol–water partition coefficient (Wildman–Crippen LogP) is 2.15. The highest BCUT2D eigenvalue weighted by atomic mass is 19.1. The fourth-order valence-electron chi connectivity index (χ4n) is 3.39. The first-order chi connectivity index (χ1) is 15.2. The highest BCUT2D eigenvalue weighted by molar-refractivity contribution is 6.03. The topological polar surface area (TPSA) is 136 Å². The van der Waals surface area contributed by atoms with Crippen molar-refractivity contribution in [2.45, 2.75) is 13.3 Å². The van der Waals surface area contributed by atoms with E-state index in [2.05, 4.69) is 20.8 Å². The molecule has 1 aliphatic rings. The van der Waals surface area contributed by atoms with E-state index >= 15 is 0 Å². The number of amides is 2. The molecule has 1 N–H and O–H groups in total. The van der Waals surface area contributed by atoms with Crippen molar-refractivity contribution < 1.29 is 23.3 Å². The minimum Gasteiger partial charge on any atom is -0.326 e. The summed E-state index contributed by atoms with van der Waals surface area (Å²) in [5, 5.41) is 24.4. The van der Waals surface area contributed by atoms with E-state index < -0.39 is 40.0 Å². The zero-order valence-electron chi connectivity index (χ0n) is 16.5. The lowest BCUT2D eigenvalue weighted by atomic mass is 10.1. The first-order valence-electron chi connectivity index (χ1n) is 9.34. The Hall–Kier alpha value is -4.29. The summed E-state index contributed by atoms with van der Waals surface area (Å²) in [5.41, 5.74) is -0.339. The normalized spacial score (nSPS) is 15.8. The molecule has 2 heterocycles. The van der Waals surface area contributed by atoms with Crippen molar-refractivity contribution >= 4 is 28.9 Å². The van der Waals surface area contributed by atoms with Crippen molar-refractivity contribution in [3.05, 3.63) is 64.0 Å². The molecule has 2 amide bonds. The van der Waals surface area contributed by atoms with Gasteiger partial charge in [0.25, 0.3) is 0 Å². The van der Waals surface area contributed by atoms with Crippen molar-refractivity contribution in [1.82, 2.24) is 20.2 Å². The van der Waals surface area contributed by atoms with Gasteiger partial charge in [0.1, 0.15) is 11.5 Å². The number of carbonyl (C=O) groups excluding carboxylic acids is 2. The van der Waals surface area contributed by atoms with E-state index in [9.17, 15) is 28.5 Å². The van der Waals surface area contributed by atoms with Gasteiger partial charge in [0.2, 0.25) is 17.6 Å². The lowest BCUT2D eigenvalue weighted by molar-refractivity contribution is -0.387. The molecule has 0 bridgehead atoms. The molecule has 0 aliphatic carbocycles. The summed E-state index contributed by atoms with van der Waals surface area (Å²) < 4.78 is 29.0. The van der Waals surface area contributed by atoms with Gasteiger partial charge in [-0.2, -0.15) is 9.07 Å². The molecule has 1 unspecified atom stereocenters. The Morgan fingerprint density at radius 3 is 2.66 bits per heavy atom. The maximum Gasteiger partial charge on any atom is 0.306 e. The zero-order chi connectivity index (χ0) is 23.0. The molecule has 4 rings (SSSR count). The molecule has 2 aromatic carbocycles. The van der Waals surface area contributed by atoms with Gasteiger partial charge < -0.3 is 10.2 Å². The molecule has 0 radical (unpaired) electrons. The van der Waals surface area contributed by atoms with Crippen LogP contribution in [-0.4, -0.2) is 43.5 Å². The standard InChI is InChI=1S/C19H15F2N7O4/c1-10-23-24-25-27(10)16-7-12(2-4-14(16)20)22-19(30)11-6-18(29)26(9-11)13-3-5-15(21)17(8-13)28(31)32/h2-5,7-8,11H,6,9H2,1H3,(H,22,30). The highest BCUT2D eigenvalue weighted by Crippen LogP contribution is 2.30. The fourth-order valence-corrected chi connectivity index (χ4v) is 3.39. The van der Waals surface area contributed by atoms with Gasteiger partial charge in [-0.15, -0.1) is 5.10 Å². The molecular formula is C19H15F2N7O4. The molecule has 1 atom stereocenters. The van der Waals surface area contributed by atoms with Gasteiger partial charge in [-0.1, -0.05) is 0 Å². The predicted molar refractivity (Wildman–Crippen MR) is 106 cm³/mol. The second-order valence-electron chi connectivity index (χ2n) is 7.09. The van der Waals surface area contributed by atoms with Gasteiger partial charge in [0, 0.05) is 24.7 Å². The second-order valence-corrected chi connectivity index (χ2v) is 7.09. The number of tetrazole rings is 1. The number of anilines is 2. The van der Waals surface area contributed by atoms with E-state index in [-0.39, 0.29) is 30.0 Å². The average molecular weight is 443 g/mol. The maximum absolute atomic E-state index is 14.2. The molecule has 164 valence electrons. The van der Waals surface area contributed by atoms with Gasteiger partial charge in [-0.05, 0) is 47.7 Å². The number of aromatic nitrogens is 4. The molecule has 13 heteroatoms. The van der Waals surface area contributed by atoms with Crippen LogP contribution in [0, 0.1) is 34.6 Å². The summed E-state index contributed by atoms with van der Waals surface area (Å²) in [6, 6.07) is 6.95. The number of benzene rings is 2. The number of nitro benzene ring substituents is 1. The second kappa shape index (κ2) is 8.09. The first-order valence-corrected chi connectivity index (χ1v) is 9.34. The van der Waals surface area contributed by atoms with Gasteiger partial charge in [0.15, 0.2) is 5.82 Å². The van der Waals surface area contributed by atoms with Crippen LogP contribution in [0.2, 0.25) is 0 Å². The van der Waals surface area contributed by atoms with E-state index in [0.717, 1.165) is 18.2 Å². The molecular weight excluding hydrogens is 428 g/mol. The molecule has 1 aromatic heterocycles. The Morgan fingerprint density at radius 1 is 1.22 bits per heavy atom. The van der Waals surface area contributed by atoms with Crippen LogP contribution in [0.15, 0.2) is 36.4 Å². The number of rotatable bonds is 5. The first kappa shape index (κ1) is 21.0. The molecule has 1 fully saturated rings. The number of carbonyl (C=O) groups is 2. The molecule has 11 nitrogen and oxygen atoms in total. The Kier molecular flexibility index (Phi) is 5.30. The van der Waals surface area contributed by atoms with Gasteiger partial charge in [0.05, 0.1) is 16.5 Å². The summed E-state index contributed by atoms with van der Waals surface area (Å²) in [7, 11) is 0. The van der Waals surface area contributed by atoms with Gasteiger partial charge in [-0.25, -0.2) is 4.39 Å². The molecule has 32 heavy (non-hydrogen) atoms. The largest absolute Gasteiger partial charge is 0.326 e. The van der Waals surface area contributed by atoms with E-state index in [4.69, 9.17) is 0 Å². The number of nitro groups is 1. The molecule has 0 spiro atoms. The fraction of sp³-hybridized carbons (Fsp3) is 0.211. The maximum atomic E-state index is 14.2. The van der Waals surface area contributed by atoms with Crippen molar-refractivity contribution in [3.8, 4) is 5.69 Å². The van der Waals surface area contributed by atoms with Crippen LogP contribution < -0.4 is 10.2 Å². The monoisotopic (exact) mass is 443 g/mol. The Balaban J connectivity index is 1.51. The number of halogens is 2. The Bertz CT molecular complexity index is 1250. The highest BCUT2D eigenvalue weighted by Gasteiger charge is 2.36. The molecule has 0 saturated carbocycles. The number of nitrogens with zero attached hydrogens (tertiary/aromatic N) is 6. The van der Waals surface area contributed by atoms with E-state index in [1.165, 1.54) is 27.8 Å². The number of aryl methyl sites for hydroxylation is 1. The van der Waals surface area contributed by atoms with Crippen LogP contribution in [0.3, 0.4) is 0 Å². The summed E-state index contributed by atoms with van der Waals surface area (Å²) in [6.45, 7) is 1.54. The lowest BCUT2D eigenvalue weighted by Crippen LogP contribution is -2.28. The van der Waals surface area contributed by atoms with Crippen molar-refractivity contribution in [3.63, 3.8) is 0 Å². The minimum atomic E-state index is -1.02. The van der Waals surface area contributed by atoms with Crippen molar-refractivity contribution in [1.29, 1.82) is 0 Å². The third-order valence-corrected chi connectivity index (χ3v) is 5.00. The summed E-state index contributed by atoms with van der Waals surface area (Å²) in [5.74, 6) is -2.98. The van der Waals surface area contributed by atoms with Crippen LogP contribution in [-0.2, 0) is 9.59 Å². The third-order valence-electron chi connectivity index (χ3n) is 5.00. The van der Waals surface area contributed by atoms with Gasteiger partial charge >= 0.3 is 5.69 Å². The SMILES string of the molecule is Cc1nnnn1-c1cc(NC(=O)C2CC(=O)N(c3ccc(F)c([N+](=O)[O-])c3)C2)ccc1F. The van der Waals surface area contributed by atoms with Crippen LogP contribution >= 0.6 is 0 Å².